The Morgan fingerprint density at radius 2 is 2.07 bits per heavy atom. The molecular formula is C19H21BrF3N3O. The van der Waals surface area contributed by atoms with E-state index in [1.807, 2.05) is 32.0 Å². The number of nitrogens with zero attached hydrogens (tertiary/aromatic N) is 2. The molecule has 1 aliphatic rings. The maximum absolute atomic E-state index is 12.8. The van der Waals surface area contributed by atoms with Crippen LogP contribution in [0.2, 0.25) is 0 Å². The number of benzene rings is 1. The molecule has 0 aliphatic carbocycles. The van der Waals surface area contributed by atoms with Crippen LogP contribution in [0.15, 0.2) is 63.9 Å². The second-order valence-corrected chi connectivity index (χ2v) is 6.88. The number of hydrazine groups is 1. The largest absolute Gasteiger partial charge is 0.491 e. The number of hydrogen-bond donors (Lipinski definition) is 1. The maximum Gasteiger partial charge on any atom is 0.416 e. The summed E-state index contributed by atoms with van der Waals surface area (Å²) < 4.78 is 45.1. The van der Waals surface area contributed by atoms with Gasteiger partial charge in [-0.25, -0.2) is 5.43 Å². The molecule has 8 heteroatoms. The molecular weight excluding hydrogens is 423 g/mol. The molecule has 4 nitrogen and oxygen atoms in total. The lowest BCUT2D eigenvalue weighted by Crippen LogP contribution is -2.40. The zero-order valence-corrected chi connectivity index (χ0v) is 16.9. The highest BCUT2D eigenvalue weighted by atomic mass is 79.9. The minimum Gasteiger partial charge on any atom is -0.491 e. The van der Waals surface area contributed by atoms with Crippen LogP contribution in [0.1, 0.15) is 19.4 Å². The second-order valence-electron chi connectivity index (χ2n) is 6.02. The topological polar surface area (TPSA) is 36.9 Å². The highest BCUT2D eigenvalue weighted by Gasteiger charge is 2.31. The lowest BCUT2D eigenvalue weighted by Gasteiger charge is -2.18. The number of rotatable bonds is 6. The van der Waals surface area contributed by atoms with Crippen LogP contribution < -0.4 is 10.2 Å². The average Bonchev–Trinajstić information content (AvgIpc) is 2.96. The number of hydrogen-bond acceptors (Lipinski definition) is 4. The van der Waals surface area contributed by atoms with Gasteiger partial charge in [-0.3, -0.25) is 0 Å². The number of nitrogens with one attached hydrogen (secondary N) is 1. The summed E-state index contributed by atoms with van der Waals surface area (Å²) in [6.45, 7) is 9.21. The van der Waals surface area contributed by atoms with Gasteiger partial charge in [0, 0.05) is 4.47 Å². The molecule has 0 radical (unpaired) electrons. The zero-order chi connectivity index (χ0) is 20.2. The van der Waals surface area contributed by atoms with Crippen molar-refractivity contribution in [3.05, 3.63) is 64.3 Å². The molecule has 1 aromatic carbocycles. The standard InChI is InChI=1S/C19H21BrF3N3O/c1-5-15(19(21,22)23)7-6-13(3)26-24-14(4)18(25-26)11-27-16-8-9-17(20)12(2)10-16/h5-10,18,25H,3,11H2,1-2,4H3/b7-6-,15-5+. The van der Waals surface area contributed by atoms with Gasteiger partial charge in [-0.1, -0.05) is 28.6 Å². The summed E-state index contributed by atoms with van der Waals surface area (Å²) in [6.07, 6.45) is -1.15. The van der Waals surface area contributed by atoms with Gasteiger partial charge in [-0.15, -0.1) is 0 Å². The van der Waals surface area contributed by atoms with Gasteiger partial charge in [0.1, 0.15) is 18.4 Å². The Morgan fingerprint density at radius 3 is 2.67 bits per heavy atom. The first-order chi connectivity index (χ1) is 12.6. The third-order valence-electron chi connectivity index (χ3n) is 3.95. The van der Waals surface area contributed by atoms with Crippen molar-refractivity contribution in [2.75, 3.05) is 6.61 Å². The molecule has 0 fully saturated rings. The predicted octanol–water partition coefficient (Wildman–Crippen LogP) is 5.28. The number of alkyl halides is 3. The van der Waals surface area contributed by atoms with Crippen molar-refractivity contribution in [2.45, 2.75) is 33.0 Å². The van der Waals surface area contributed by atoms with Crippen LogP contribution in [0, 0.1) is 6.92 Å². The van der Waals surface area contributed by atoms with Crippen LogP contribution in [0.3, 0.4) is 0 Å². The van der Waals surface area contributed by atoms with E-state index in [2.05, 4.69) is 33.0 Å². The van der Waals surface area contributed by atoms with E-state index < -0.39 is 11.7 Å². The number of allylic oxidation sites excluding steroid dienone is 4. The van der Waals surface area contributed by atoms with Gasteiger partial charge in [0.25, 0.3) is 0 Å². The average molecular weight is 444 g/mol. The molecule has 1 aliphatic heterocycles. The molecule has 2 rings (SSSR count). The van der Waals surface area contributed by atoms with E-state index in [9.17, 15) is 13.2 Å². The van der Waals surface area contributed by atoms with Crippen LogP contribution in [0.25, 0.3) is 0 Å². The fraction of sp³-hybridized carbons (Fsp3) is 0.316. The van der Waals surface area contributed by atoms with E-state index in [1.165, 1.54) is 18.1 Å². The molecule has 146 valence electrons. The van der Waals surface area contributed by atoms with Crippen LogP contribution in [-0.2, 0) is 0 Å². The molecule has 1 N–H and O–H groups in total. The van der Waals surface area contributed by atoms with E-state index in [4.69, 9.17) is 4.74 Å². The Bertz CT molecular complexity index is 800. The summed E-state index contributed by atoms with van der Waals surface area (Å²) in [7, 11) is 0. The Morgan fingerprint density at radius 1 is 1.37 bits per heavy atom. The highest BCUT2D eigenvalue weighted by Crippen LogP contribution is 2.27. The Hall–Kier alpha value is -2.06. The normalized spacial score (nSPS) is 18.2. The van der Waals surface area contributed by atoms with Gasteiger partial charge in [0.2, 0.25) is 0 Å². The Balaban J connectivity index is 1.95. The fourth-order valence-electron chi connectivity index (χ4n) is 2.30. The number of ether oxygens (including phenoxy) is 1. The van der Waals surface area contributed by atoms with Crippen molar-refractivity contribution >= 4 is 21.6 Å². The van der Waals surface area contributed by atoms with E-state index >= 15 is 0 Å². The summed E-state index contributed by atoms with van der Waals surface area (Å²) in [5.74, 6) is 0.727. The lowest BCUT2D eigenvalue weighted by molar-refractivity contribution is -0.0883. The molecule has 27 heavy (non-hydrogen) atoms. The fourth-order valence-corrected chi connectivity index (χ4v) is 2.55. The van der Waals surface area contributed by atoms with Gasteiger partial charge < -0.3 is 4.74 Å². The first kappa shape index (κ1) is 21.2. The van der Waals surface area contributed by atoms with Gasteiger partial charge in [0.15, 0.2) is 0 Å². The first-order valence-electron chi connectivity index (χ1n) is 8.22. The molecule has 0 saturated carbocycles. The molecule has 0 aromatic heterocycles. The first-order valence-corrected chi connectivity index (χ1v) is 9.02. The third-order valence-corrected chi connectivity index (χ3v) is 4.84. The van der Waals surface area contributed by atoms with Crippen molar-refractivity contribution < 1.29 is 17.9 Å². The number of hydrazone groups is 1. The smallest absolute Gasteiger partial charge is 0.416 e. The lowest BCUT2D eigenvalue weighted by atomic mass is 10.2. The Kier molecular flexibility index (Phi) is 6.89. The van der Waals surface area contributed by atoms with E-state index in [0.717, 1.165) is 33.6 Å². The number of aryl methyl sites for hydroxylation is 1. The van der Waals surface area contributed by atoms with Crippen LogP contribution in [0.5, 0.6) is 5.75 Å². The summed E-state index contributed by atoms with van der Waals surface area (Å²) >= 11 is 3.44. The third kappa shape index (κ3) is 5.71. The zero-order valence-electron chi connectivity index (χ0n) is 15.3. The van der Waals surface area contributed by atoms with E-state index in [1.54, 1.807) is 0 Å². The van der Waals surface area contributed by atoms with Crippen LogP contribution in [0.4, 0.5) is 13.2 Å². The minimum atomic E-state index is -4.40. The van der Waals surface area contributed by atoms with Crippen molar-refractivity contribution in [2.24, 2.45) is 5.10 Å². The van der Waals surface area contributed by atoms with Crippen molar-refractivity contribution in [3.8, 4) is 5.75 Å². The Labute approximate surface area is 165 Å². The minimum absolute atomic E-state index is 0.206. The quantitative estimate of drug-likeness (QED) is 0.607. The molecule has 1 atom stereocenters. The van der Waals surface area contributed by atoms with Crippen molar-refractivity contribution in [1.82, 2.24) is 10.5 Å². The molecule has 0 saturated heterocycles. The molecule has 0 amide bonds. The monoisotopic (exact) mass is 443 g/mol. The summed E-state index contributed by atoms with van der Waals surface area (Å²) in [5, 5.41) is 5.64. The summed E-state index contributed by atoms with van der Waals surface area (Å²) in [4.78, 5) is 0. The van der Waals surface area contributed by atoms with Gasteiger partial charge in [0.05, 0.1) is 17.0 Å². The highest BCUT2D eigenvalue weighted by molar-refractivity contribution is 9.10. The van der Waals surface area contributed by atoms with Gasteiger partial charge in [-0.05, 0) is 56.7 Å². The SMILES string of the molecule is C=C(/C=C\C(=C/C)C(F)(F)F)N1N=C(C)C(COc2ccc(Br)c(C)c2)N1. The molecule has 1 heterocycles. The summed E-state index contributed by atoms with van der Waals surface area (Å²) in [6, 6.07) is 5.48. The van der Waals surface area contributed by atoms with Crippen molar-refractivity contribution in [1.29, 1.82) is 0 Å². The molecule has 1 aromatic rings. The molecule has 1 unspecified atom stereocenters. The second kappa shape index (κ2) is 8.75. The van der Waals surface area contributed by atoms with Gasteiger partial charge in [-0.2, -0.15) is 23.4 Å². The molecule has 0 bridgehead atoms. The van der Waals surface area contributed by atoms with Crippen molar-refractivity contribution in [3.63, 3.8) is 0 Å². The predicted molar refractivity (Wildman–Crippen MR) is 104 cm³/mol. The molecule has 0 spiro atoms. The van der Waals surface area contributed by atoms with E-state index in [-0.39, 0.29) is 6.04 Å². The van der Waals surface area contributed by atoms with Crippen LogP contribution >= 0.6 is 15.9 Å². The maximum atomic E-state index is 12.8. The van der Waals surface area contributed by atoms with Gasteiger partial charge >= 0.3 is 6.18 Å². The van der Waals surface area contributed by atoms with Crippen LogP contribution in [-0.4, -0.2) is 29.7 Å². The number of halogens is 4. The summed E-state index contributed by atoms with van der Waals surface area (Å²) in [5.41, 5.74) is 4.42. The van der Waals surface area contributed by atoms with E-state index in [0.29, 0.717) is 12.3 Å².